The van der Waals surface area contributed by atoms with E-state index in [4.69, 9.17) is 18.9 Å². The fraction of sp³-hybridized carbons (Fsp3) is 0.538. The summed E-state index contributed by atoms with van der Waals surface area (Å²) in [6.45, 7) is 1.43. The molecule has 4 heterocycles. The Morgan fingerprint density at radius 3 is 2.18 bits per heavy atom. The number of ether oxygens (including phenoxy) is 4. The van der Waals surface area contributed by atoms with E-state index < -0.39 is 5.97 Å². The highest BCUT2D eigenvalue weighted by atomic mass is 35.5. The number of benzene rings is 1. The van der Waals surface area contributed by atoms with Gasteiger partial charge in [0.1, 0.15) is 6.10 Å². The molecule has 2 atom stereocenters. The van der Waals surface area contributed by atoms with Crippen molar-refractivity contribution in [3.8, 4) is 17.2 Å². The minimum absolute atomic E-state index is 0. The zero-order valence-corrected chi connectivity index (χ0v) is 23.5. The van der Waals surface area contributed by atoms with Crippen molar-refractivity contribution in [3.63, 3.8) is 0 Å². The average Bonchev–Trinajstić information content (AvgIpc) is 3.45. The van der Waals surface area contributed by atoms with Crippen molar-refractivity contribution in [2.45, 2.75) is 50.4 Å². The molecule has 1 N–H and O–H groups in total. The Balaban J connectivity index is 0.00000353. The van der Waals surface area contributed by atoms with Crippen LogP contribution in [0.5, 0.6) is 17.2 Å². The van der Waals surface area contributed by atoms with Crippen LogP contribution in [0, 0.1) is 0 Å². The fourth-order valence-corrected chi connectivity index (χ4v) is 6.11. The number of fused-ring (bicyclic) bond motifs is 3. The van der Waals surface area contributed by atoms with E-state index in [1.54, 1.807) is 25.5 Å². The van der Waals surface area contributed by atoms with Gasteiger partial charge in [-0.1, -0.05) is 0 Å². The highest BCUT2D eigenvalue weighted by molar-refractivity contribution is 5.91. The van der Waals surface area contributed by atoms with Gasteiger partial charge in [0.05, 0.1) is 58.4 Å². The molecule has 1 aromatic carbocycles. The van der Waals surface area contributed by atoms with Crippen molar-refractivity contribution >= 4 is 17.1 Å². The number of nitrogens with zero attached hydrogens (tertiary/aromatic N) is 4. The summed E-state index contributed by atoms with van der Waals surface area (Å²) >= 11 is 0. The Morgan fingerprint density at radius 1 is 1.00 bits per heavy atom. The zero-order chi connectivity index (χ0) is 27.1. The Hall–Kier alpha value is -3.51. The molecule has 2 unspecified atom stereocenters. The van der Waals surface area contributed by atoms with Gasteiger partial charge in [0.25, 0.3) is 5.56 Å². The topological polar surface area (TPSA) is 120 Å². The van der Waals surface area contributed by atoms with Crippen molar-refractivity contribution in [1.82, 2.24) is 18.7 Å². The summed E-state index contributed by atoms with van der Waals surface area (Å²) in [4.78, 5) is 43.8. The smallest absolute Gasteiger partial charge is 0.338 e. The van der Waals surface area contributed by atoms with E-state index >= 15 is 0 Å². The van der Waals surface area contributed by atoms with Crippen LogP contribution in [-0.2, 0) is 25.4 Å². The molecular weight excluding hydrogens is 530 g/mol. The number of esters is 1. The molecule has 39 heavy (non-hydrogen) atoms. The second-order valence-electron chi connectivity index (χ2n) is 10.0. The molecule has 2 bridgehead atoms. The number of hydrogen-bond acceptors (Lipinski definition) is 8. The van der Waals surface area contributed by atoms with Crippen LogP contribution in [0.15, 0.2) is 28.0 Å². The van der Waals surface area contributed by atoms with E-state index in [2.05, 4.69) is 4.98 Å². The first-order chi connectivity index (χ1) is 18.3. The molecule has 3 aromatic rings. The molecule has 12 nitrogen and oxygen atoms in total. The maximum Gasteiger partial charge on any atom is 0.338 e. The molecule has 2 fully saturated rings. The second-order valence-corrected chi connectivity index (χ2v) is 10.0. The molecule has 13 heteroatoms. The molecule has 0 aliphatic carbocycles. The van der Waals surface area contributed by atoms with E-state index in [0.717, 1.165) is 36.8 Å². The van der Waals surface area contributed by atoms with Crippen molar-refractivity contribution in [1.29, 1.82) is 0 Å². The molecular formula is C26H34ClN5O7. The van der Waals surface area contributed by atoms with E-state index in [0.29, 0.717) is 52.6 Å². The predicted octanol–water partition coefficient (Wildman–Crippen LogP) is -3.10. The van der Waals surface area contributed by atoms with Crippen LogP contribution in [0.3, 0.4) is 0 Å². The maximum atomic E-state index is 13.0. The summed E-state index contributed by atoms with van der Waals surface area (Å²) < 4.78 is 26.4. The largest absolute Gasteiger partial charge is 1.00 e. The Kier molecular flexibility index (Phi) is 8.26. The highest BCUT2D eigenvalue weighted by Gasteiger charge is 2.45. The van der Waals surface area contributed by atoms with Gasteiger partial charge in [0.15, 0.2) is 22.7 Å². The number of imidazole rings is 1. The normalized spacial score (nSPS) is 21.9. The monoisotopic (exact) mass is 563 g/mol. The van der Waals surface area contributed by atoms with Crippen LogP contribution < -0.4 is 42.8 Å². The Morgan fingerprint density at radius 2 is 1.62 bits per heavy atom. The number of carbonyl (C=O) groups excluding carboxylic acids is 1. The molecule has 2 aliphatic heterocycles. The van der Waals surface area contributed by atoms with Crippen LogP contribution in [0.1, 0.15) is 36.0 Å². The van der Waals surface area contributed by atoms with Crippen LogP contribution >= 0.6 is 0 Å². The summed E-state index contributed by atoms with van der Waals surface area (Å²) in [6.07, 6.45) is 5.17. The first-order valence-corrected chi connectivity index (χ1v) is 12.7. The molecule has 212 valence electrons. The molecule has 0 saturated carbocycles. The Labute approximate surface area is 231 Å². The summed E-state index contributed by atoms with van der Waals surface area (Å²) in [5, 5.41) is 0. The molecule has 2 aliphatic rings. The van der Waals surface area contributed by atoms with Gasteiger partial charge in [0.2, 0.25) is 5.75 Å². The third-order valence-corrected chi connectivity index (χ3v) is 8.04. The zero-order valence-electron chi connectivity index (χ0n) is 22.7. The lowest BCUT2D eigenvalue weighted by atomic mass is 9.99. The van der Waals surface area contributed by atoms with Crippen molar-refractivity contribution < 1.29 is 41.0 Å². The molecule has 2 aromatic heterocycles. The lowest BCUT2D eigenvalue weighted by molar-refractivity contribution is -0.942. The van der Waals surface area contributed by atoms with Gasteiger partial charge >= 0.3 is 11.7 Å². The Bertz CT molecular complexity index is 1460. The highest BCUT2D eigenvalue weighted by Crippen LogP contribution is 2.38. The minimum atomic E-state index is -0.413. The van der Waals surface area contributed by atoms with Gasteiger partial charge in [-0.15, -0.1) is 0 Å². The summed E-state index contributed by atoms with van der Waals surface area (Å²) in [5.74, 6) is 0.816. The fourth-order valence-electron chi connectivity index (χ4n) is 6.11. The number of rotatable bonds is 8. The maximum absolute atomic E-state index is 13.0. The van der Waals surface area contributed by atoms with Gasteiger partial charge in [-0.25, -0.2) is 14.6 Å². The van der Waals surface area contributed by atoms with Crippen molar-refractivity contribution in [2.24, 2.45) is 14.1 Å². The van der Waals surface area contributed by atoms with Crippen LogP contribution in [0.2, 0.25) is 0 Å². The predicted molar refractivity (Wildman–Crippen MR) is 137 cm³/mol. The quantitative estimate of drug-likeness (QED) is 0.286. The van der Waals surface area contributed by atoms with Crippen LogP contribution in [0.25, 0.3) is 11.2 Å². The third kappa shape index (κ3) is 4.98. The van der Waals surface area contributed by atoms with Gasteiger partial charge in [-0.05, 0) is 12.1 Å². The summed E-state index contributed by atoms with van der Waals surface area (Å²) in [7, 11) is 7.64. The van der Waals surface area contributed by atoms with Crippen LogP contribution in [-0.4, -0.2) is 70.7 Å². The SMILES string of the molecule is COc1cc(C(=O)OC2CC3CCC(C2)[NH+]3CCn2cnc3c2c(=O)n(C)c(=O)n3C)cc(OC)c1OC.[Cl-]. The van der Waals surface area contributed by atoms with Gasteiger partial charge < -0.3 is 40.8 Å². The first kappa shape index (κ1) is 28.5. The number of hydrogen-bond donors (Lipinski definition) is 1. The average molecular weight is 564 g/mol. The number of carbonyl (C=O) groups is 1. The van der Waals surface area contributed by atoms with Gasteiger partial charge in [0, 0.05) is 39.8 Å². The van der Waals surface area contributed by atoms with E-state index in [-0.39, 0.29) is 29.8 Å². The number of quaternary nitrogens is 1. The lowest BCUT2D eigenvalue weighted by Crippen LogP contribution is -3.18. The molecule has 0 radical (unpaired) electrons. The molecule has 0 spiro atoms. The molecule has 2 saturated heterocycles. The number of halogens is 1. The molecule has 5 rings (SSSR count). The van der Waals surface area contributed by atoms with E-state index in [1.807, 2.05) is 4.57 Å². The minimum Gasteiger partial charge on any atom is -1.00 e. The number of nitrogens with one attached hydrogen (secondary N) is 1. The number of aromatic nitrogens is 4. The second kappa shape index (κ2) is 11.3. The van der Waals surface area contributed by atoms with Gasteiger partial charge in [-0.2, -0.15) is 0 Å². The first-order valence-electron chi connectivity index (χ1n) is 12.7. The lowest BCUT2D eigenvalue weighted by Gasteiger charge is -2.35. The third-order valence-electron chi connectivity index (χ3n) is 8.04. The molecule has 0 amide bonds. The number of piperidine rings is 1. The van der Waals surface area contributed by atoms with Gasteiger partial charge in [-0.3, -0.25) is 13.9 Å². The number of methoxy groups -OCH3 is 3. The standard InChI is InChI=1S/C26H33N5O7.ClH/c1-28-23-21(24(32)29(2)26(28)34)30(14-27-23)8-9-31-16-6-7-17(31)13-18(12-16)38-25(33)15-10-19(35-3)22(37-5)20(11-15)36-4;/h10-11,14,16-18H,6-9,12-13H2,1-5H3;1H. The summed E-state index contributed by atoms with van der Waals surface area (Å²) in [5.41, 5.74) is 0.462. The van der Waals surface area contributed by atoms with E-state index in [1.165, 1.54) is 37.8 Å². The van der Waals surface area contributed by atoms with E-state index in [9.17, 15) is 14.4 Å². The van der Waals surface area contributed by atoms with Crippen molar-refractivity contribution in [2.75, 3.05) is 27.9 Å². The van der Waals surface area contributed by atoms with Crippen LogP contribution in [0.4, 0.5) is 0 Å². The number of aryl methyl sites for hydroxylation is 1. The van der Waals surface area contributed by atoms with Crippen molar-refractivity contribution in [3.05, 3.63) is 44.9 Å². The summed E-state index contributed by atoms with van der Waals surface area (Å²) in [6, 6.07) is 3.95.